The minimum atomic E-state index is -0.525. The molecule has 1 heterocycles. The van der Waals surface area contributed by atoms with Crippen molar-refractivity contribution in [3.8, 4) is 0 Å². The second-order valence-electron chi connectivity index (χ2n) is 5.63. The first kappa shape index (κ1) is 17.4. The van der Waals surface area contributed by atoms with Gasteiger partial charge in [0, 0.05) is 30.1 Å². The lowest BCUT2D eigenvalue weighted by atomic mass is 10.1. The van der Waals surface area contributed by atoms with Crippen molar-refractivity contribution in [3.63, 3.8) is 0 Å². The second-order valence-corrected chi connectivity index (χ2v) is 5.63. The van der Waals surface area contributed by atoms with E-state index in [4.69, 9.17) is 4.42 Å². The lowest BCUT2D eigenvalue weighted by Crippen LogP contribution is -2.29. The molecule has 0 unspecified atom stereocenters. The molecular formula is C18H16FN3O4. The smallest absolute Gasteiger partial charge is 0.292 e. The quantitative estimate of drug-likeness (QED) is 0.399. The molecule has 8 heteroatoms. The number of benzene rings is 2. The maximum atomic E-state index is 13.7. The average Bonchev–Trinajstić information content (AvgIpc) is 2.97. The topological polar surface area (TPSA) is 97.4 Å². The summed E-state index contributed by atoms with van der Waals surface area (Å²) in [6, 6.07) is 10.8. The molecule has 0 atom stereocenters. The molecule has 0 spiro atoms. The number of nitrogens with zero attached hydrogens (tertiary/aromatic N) is 1. The first-order valence-corrected chi connectivity index (χ1v) is 7.92. The third-order valence-electron chi connectivity index (χ3n) is 3.95. The van der Waals surface area contributed by atoms with Crippen LogP contribution in [-0.2, 0) is 0 Å². The molecule has 134 valence electrons. The highest BCUT2D eigenvalue weighted by atomic mass is 19.1. The van der Waals surface area contributed by atoms with E-state index in [9.17, 15) is 19.3 Å². The SMILES string of the molecule is Cc1c(C(=O)NCCNc2ccccc2[N+](=O)[O-])oc2c(F)cccc12. The summed E-state index contributed by atoms with van der Waals surface area (Å²) in [6.07, 6.45) is 0. The van der Waals surface area contributed by atoms with Crippen molar-refractivity contribution in [2.45, 2.75) is 6.92 Å². The Balaban J connectivity index is 1.63. The van der Waals surface area contributed by atoms with Gasteiger partial charge in [-0.1, -0.05) is 24.3 Å². The van der Waals surface area contributed by atoms with Gasteiger partial charge in [-0.2, -0.15) is 0 Å². The van der Waals surface area contributed by atoms with Crippen molar-refractivity contribution in [1.82, 2.24) is 5.32 Å². The van der Waals surface area contributed by atoms with Crippen LogP contribution in [0.2, 0.25) is 0 Å². The number of rotatable bonds is 6. The predicted octanol–water partition coefficient (Wildman–Crippen LogP) is 3.63. The van der Waals surface area contributed by atoms with Gasteiger partial charge < -0.3 is 15.1 Å². The maximum Gasteiger partial charge on any atom is 0.292 e. The fourth-order valence-electron chi connectivity index (χ4n) is 2.66. The number of fused-ring (bicyclic) bond motifs is 1. The van der Waals surface area contributed by atoms with Crippen LogP contribution in [0.1, 0.15) is 16.1 Å². The van der Waals surface area contributed by atoms with Gasteiger partial charge in [0.2, 0.25) is 0 Å². The van der Waals surface area contributed by atoms with Gasteiger partial charge >= 0.3 is 0 Å². The third-order valence-corrected chi connectivity index (χ3v) is 3.95. The van der Waals surface area contributed by atoms with E-state index in [1.165, 1.54) is 12.1 Å². The maximum absolute atomic E-state index is 13.7. The number of hydrogen-bond donors (Lipinski definition) is 2. The van der Waals surface area contributed by atoms with Crippen molar-refractivity contribution in [2.24, 2.45) is 0 Å². The molecule has 3 rings (SSSR count). The van der Waals surface area contributed by atoms with Crippen LogP contribution < -0.4 is 10.6 Å². The van der Waals surface area contributed by atoms with E-state index in [0.717, 1.165) is 0 Å². The number of aryl methyl sites for hydroxylation is 1. The van der Waals surface area contributed by atoms with Crippen molar-refractivity contribution in [2.75, 3.05) is 18.4 Å². The summed E-state index contributed by atoms with van der Waals surface area (Å²) in [6.45, 7) is 2.18. The number of carbonyl (C=O) groups excluding carboxylic acids is 1. The summed E-state index contributed by atoms with van der Waals surface area (Å²) >= 11 is 0. The minimum absolute atomic E-state index is 0.0394. The summed E-state index contributed by atoms with van der Waals surface area (Å²) < 4.78 is 19.1. The molecule has 0 bridgehead atoms. The summed E-state index contributed by atoms with van der Waals surface area (Å²) in [5, 5.41) is 17.1. The molecule has 0 aliphatic rings. The Kier molecular flexibility index (Phi) is 4.83. The summed E-state index contributed by atoms with van der Waals surface area (Å²) in [5.74, 6) is -0.944. The Morgan fingerprint density at radius 2 is 1.96 bits per heavy atom. The number of carbonyl (C=O) groups is 1. The number of nitro groups is 1. The van der Waals surface area contributed by atoms with E-state index in [1.807, 2.05) is 0 Å². The lowest BCUT2D eigenvalue weighted by Gasteiger charge is -2.07. The van der Waals surface area contributed by atoms with Crippen LogP contribution in [-0.4, -0.2) is 23.9 Å². The van der Waals surface area contributed by atoms with Crippen molar-refractivity contribution < 1.29 is 18.5 Å². The molecule has 2 N–H and O–H groups in total. The Morgan fingerprint density at radius 3 is 2.69 bits per heavy atom. The summed E-state index contributed by atoms with van der Waals surface area (Å²) in [5.41, 5.74) is 0.938. The zero-order chi connectivity index (χ0) is 18.7. The number of hydrogen-bond acceptors (Lipinski definition) is 5. The minimum Gasteiger partial charge on any atom is -0.448 e. The highest BCUT2D eigenvalue weighted by Gasteiger charge is 2.19. The van der Waals surface area contributed by atoms with E-state index in [1.54, 1.807) is 37.3 Å². The van der Waals surface area contributed by atoms with E-state index < -0.39 is 16.6 Å². The average molecular weight is 357 g/mol. The molecular weight excluding hydrogens is 341 g/mol. The number of halogens is 1. The molecule has 3 aromatic rings. The highest BCUT2D eigenvalue weighted by molar-refractivity contribution is 5.99. The molecule has 1 aromatic heterocycles. The molecule has 0 saturated carbocycles. The van der Waals surface area contributed by atoms with E-state index in [0.29, 0.717) is 16.6 Å². The van der Waals surface area contributed by atoms with Gasteiger partial charge in [0.1, 0.15) is 5.69 Å². The van der Waals surface area contributed by atoms with Crippen LogP contribution in [0.4, 0.5) is 15.8 Å². The normalized spacial score (nSPS) is 10.7. The Hall–Kier alpha value is -3.42. The van der Waals surface area contributed by atoms with E-state index in [-0.39, 0.29) is 30.1 Å². The van der Waals surface area contributed by atoms with Gasteiger partial charge in [0.15, 0.2) is 17.2 Å². The van der Waals surface area contributed by atoms with Crippen LogP contribution in [0.25, 0.3) is 11.0 Å². The first-order chi connectivity index (χ1) is 12.5. The van der Waals surface area contributed by atoms with Crippen LogP contribution in [0.3, 0.4) is 0 Å². The van der Waals surface area contributed by atoms with Gasteiger partial charge in [-0.05, 0) is 19.1 Å². The van der Waals surface area contributed by atoms with Crippen molar-refractivity contribution >= 4 is 28.3 Å². The van der Waals surface area contributed by atoms with Gasteiger partial charge in [-0.25, -0.2) is 4.39 Å². The Labute approximate surface area is 148 Å². The van der Waals surface area contributed by atoms with Crippen LogP contribution >= 0.6 is 0 Å². The van der Waals surface area contributed by atoms with Crippen LogP contribution in [0.15, 0.2) is 46.9 Å². The van der Waals surface area contributed by atoms with Gasteiger partial charge in [0.25, 0.3) is 11.6 Å². The fourth-order valence-corrected chi connectivity index (χ4v) is 2.66. The fraction of sp³-hybridized carbons (Fsp3) is 0.167. The largest absolute Gasteiger partial charge is 0.448 e. The van der Waals surface area contributed by atoms with Crippen molar-refractivity contribution in [1.29, 1.82) is 0 Å². The zero-order valence-electron chi connectivity index (χ0n) is 13.9. The monoisotopic (exact) mass is 357 g/mol. The molecule has 0 radical (unpaired) electrons. The van der Waals surface area contributed by atoms with Crippen LogP contribution in [0, 0.1) is 22.9 Å². The standard InChI is InChI=1S/C18H16FN3O4/c1-11-12-5-4-6-13(19)17(12)26-16(11)18(23)21-10-9-20-14-7-2-3-8-15(14)22(24)25/h2-8,20H,9-10H2,1H3,(H,21,23). The molecule has 7 nitrogen and oxygen atoms in total. The first-order valence-electron chi connectivity index (χ1n) is 7.92. The van der Waals surface area contributed by atoms with Crippen LogP contribution in [0.5, 0.6) is 0 Å². The number of amides is 1. The second kappa shape index (κ2) is 7.22. The van der Waals surface area contributed by atoms with Gasteiger partial charge in [-0.15, -0.1) is 0 Å². The number of nitrogens with one attached hydrogen (secondary N) is 2. The summed E-state index contributed by atoms with van der Waals surface area (Å²) in [4.78, 5) is 22.7. The van der Waals surface area contributed by atoms with Gasteiger partial charge in [0.05, 0.1) is 4.92 Å². The summed E-state index contributed by atoms with van der Waals surface area (Å²) in [7, 11) is 0. The molecule has 0 saturated heterocycles. The van der Waals surface area contributed by atoms with Crippen molar-refractivity contribution in [3.05, 3.63) is 69.7 Å². The number of nitro benzene ring substituents is 1. The highest BCUT2D eigenvalue weighted by Crippen LogP contribution is 2.27. The Morgan fingerprint density at radius 1 is 1.19 bits per heavy atom. The number of para-hydroxylation sites is 3. The molecule has 0 aliphatic heterocycles. The molecule has 0 aliphatic carbocycles. The lowest BCUT2D eigenvalue weighted by molar-refractivity contribution is -0.384. The number of anilines is 1. The number of furan rings is 1. The molecule has 2 aromatic carbocycles. The molecule has 0 fully saturated rings. The van der Waals surface area contributed by atoms with Gasteiger partial charge in [-0.3, -0.25) is 14.9 Å². The van der Waals surface area contributed by atoms with E-state index >= 15 is 0 Å². The van der Waals surface area contributed by atoms with E-state index in [2.05, 4.69) is 10.6 Å². The molecule has 26 heavy (non-hydrogen) atoms. The third kappa shape index (κ3) is 3.34. The Bertz CT molecular complexity index is 984. The molecule has 1 amide bonds. The zero-order valence-corrected chi connectivity index (χ0v) is 13.9. The predicted molar refractivity (Wildman–Crippen MR) is 94.8 cm³/mol.